The maximum atomic E-state index is 11.6. The van der Waals surface area contributed by atoms with Gasteiger partial charge in [0, 0.05) is 30.8 Å². The average molecular weight is 189 g/mol. The molecule has 0 amide bonds. The highest BCUT2D eigenvalue weighted by atomic mass is 16.1. The number of carbonyl (C=O) groups excluding carboxylic acids is 1. The molecule has 14 heavy (non-hydrogen) atoms. The monoisotopic (exact) mass is 189 g/mol. The van der Waals surface area contributed by atoms with Gasteiger partial charge in [-0.1, -0.05) is 19.1 Å². The molecule has 0 saturated carbocycles. The van der Waals surface area contributed by atoms with Gasteiger partial charge in [-0.2, -0.15) is 0 Å². The van der Waals surface area contributed by atoms with E-state index in [1.54, 1.807) is 0 Å². The third-order valence-electron chi connectivity index (χ3n) is 2.65. The van der Waals surface area contributed by atoms with E-state index in [0.29, 0.717) is 6.42 Å². The first-order valence-corrected chi connectivity index (χ1v) is 5.20. The van der Waals surface area contributed by atoms with Crippen LogP contribution in [-0.4, -0.2) is 18.9 Å². The van der Waals surface area contributed by atoms with Gasteiger partial charge in [-0.25, -0.2) is 0 Å². The summed E-state index contributed by atoms with van der Waals surface area (Å²) in [5.41, 5.74) is 2.01. The van der Waals surface area contributed by atoms with Crippen molar-refractivity contribution in [3.05, 3.63) is 29.8 Å². The molecule has 0 saturated heterocycles. The van der Waals surface area contributed by atoms with Crippen LogP contribution in [0.4, 0.5) is 5.69 Å². The standard InChI is InChI=1S/C12H15NO/c1-2-8-13-9-7-12(14)10-5-3-4-6-11(10)13/h3-6H,2,7-9H2,1H3. The van der Waals surface area contributed by atoms with E-state index in [2.05, 4.69) is 11.8 Å². The Hall–Kier alpha value is -1.31. The number of benzene rings is 1. The zero-order valence-electron chi connectivity index (χ0n) is 8.49. The lowest BCUT2D eigenvalue weighted by molar-refractivity contribution is 0.0980. The molecule has 2 nitrogen and oxygen atoms in total. The SMILES string of the molecule is CCCN1CCC(=O)c2ccccc21. The van der Waals surface area contributed by atoms with E-state index in [1.165, 1.54) is 0 Å². The van der Waals surface area contributed by atoms with E-state index in [-0.39, 0.29) is 5.78 Å². The lowest BCUT2D eigenvalue weighted by Gasteiger charge is -2.30. The number of anilines is 1. The Labute approximate surface area is 84.5 Å². The van der Waals surface area contributed by atoms with Gasteiger partial charge in [0.05, 0.1) is 0 Å². The van der Waals surface area contributed by atoms with Gasteiger partial charge in [-0.05, 0) is 18.6 Å². The van der Waals surface area contributed by atoms with Crippen molar-refractivity contribution >= 4 is 11.5 Å². The van der Waals surface area contributed by atoms with E-state index in [9.17, 15) is 4.79 Å². The molecule has 0 spiro atoms. The van der Waals surface area contributed by atoms with Gasteiger partial charge in [-0.15, -0.1) is 0 Å². The number of fused-ring (bicyclic) bond motifs is 1. The number of Topliss-reactive ketones (excluding diaryl/α,β-unsaturated/α-hetero) is 1. The summed E-state index contributed by atoms with van der Waals surface area (Å²) < 4.78 is 0. The van der Waals surface area contributed by atoms with Crippen molar-refractivity contribution in [2.75, 3.05) is 18.0 Å². The summed E-state index contributed by atoms with van der Waals surface area (Å²) in [7, 11) is 0. The van der Waals surface area contributed by atoms with Gasteiger partial charge in [0.1, 0.15) is 0 Å². The Bertz CT molecular complexity index is 346. The maximum absolute atomic E-state index is 11.6. The van der Waals surface area contributed by atoms with Crippen molar-refractivity contribution in [3.8, 4) is 0 Å². The van der Waals surface area contributed by atoms with Crippen LogP contribution in [0.25, 0.3) is 0 Å². The van der Waals surface area contributed by atoms with E-state index in [0.717, 1.165) is 30.8 Å². The molecule has 1 aromatic carbocycles. The molecule has 0 unspecified atom stereocenters. The third-order valence-corrected chi connectivity index (χ3v) is 2.65. The zero-order chi connectivity index (χ0) is 9.97. The molecule has 0 bridgehead atoms. The van der Waals surface area contributed by atoms with Crippen molar-refractivity contribution < 1.29 is 4.79 Å². The quantitative estimate of drug-likeness (QED) is 0.712. The van der Waals surface area contributed by atoms with Gasteiger partial charge in [-0.3, -0.25) is 4.79 Å². The molecule has 0 N–H and O–H groups in total. The van der Waals surface area contributed by atoms with Crippen LogP contribution in [0.3, 0.4) is 0 Å². The van der Waals surface area contributed by atoms with Crippen LogP contribution in [0.2, 0.25) is 0 Å². The summed E-state index contributed by atoms with van der Waals surface area (Å²) in [6.07, 6.45) is 1.79. The number of hydrogen-bond donors (Lipinski definition) is 0. The number of nitrogens with zero attached hydrogens (tertiary/aromatic N) is 1. The summed E-state index contributed by atoms with van der Waals surface area (Å²) >= 11 is 0. The summed E-state index contributed by atoms with van der Waals surface area (Å²) in [5, 5.41) is 0. The number of para-hydroxylation sites is 1. The lowest BCUT2D eigenvalue weighted by Crippen LogP contribution is -2.32. The minimum Gasteiger partial charge on any atom is -0.371 e. The summed E-state index contributed by atoms with van der Waals surface area (Å²) in [6, 6.07) is 7.91. The fourth-order valence-corrected chi connectivity index (χ4v) is 1.98. The molecule has 1 aliphatic heterocycles. The second-order valence-corrected chi connectivity index (χ2v) is 3.68. The van der Waals surface area contributed by atoms with E-state index < -0.39 is 0 Å². The van der Waals surface area contributed by atoms with Crippen molar-refractivity contribution in [1.29, 1.82) is 0 Å². The molecule has 74 valence electrons. The van der Waals surface area contributed by atoms with Crippen LogP contribution in [0, 0.1) is 0 Å². The minimum absolute atomic E-state index is 0.285. The molecule has 1 heterocycles. The highest BCUT2D eigenvalue weighted by Crippen LogP contribution is 2.26. The first kappa shape index (κ1) is 9.25. The second kappa shape index (κ2) is 3.82. The third kappa shape index (κ3) is 1.52. The van der Waals surface area contributed by atoms with Gasteiger partial charge in [0.25, 0.3) is 0 Å². The predicted octanol–water partition coefficient (Wildman–Crippen LogP) is 2.49. The number of hydrogen-bond acceptors (Lipinski definition) is 2. The Morgan fingerprint density at radius 2 is 2.14 bits per heavy atom. The van der Waals surface area contributed by atoms with Crippen LogP contribution in [0.1, 0.15) is 30.1 Å². The molecular weight excluding hydrogens is 174 g/mol. The molecule has 2 rings (SSSR count). The average Bonchev–Trinajstić information content (AvgIpc) is 2.23. The fourth-order valence-electron chi connectivity index (χ4n) is 1.98. The van der Waals surface area contributed by atoms with Crippen molar-refractivity contribution in [1.82, 2.24) is 0 Å². The Balaban J connectivity index is 2.36. The molecular formula is C12H15NO. The van der Waals surface area contributed by atoms with Crippen molar-refractivity contribution in [2.45, 2.75) is 19.8 Å². The van der Waals surface area contributed by atoms with Crippen molar-refractivity contribution in [3.63, 3.8) is 0 Å². The fraction of sp³-hybridized carbons (Fsp3) is 0.417. The molecule has 0 fully saturated rings. The van der Waals surface area contributed by atoms with Gasteiger partial charge < -0.3 is 4.90 Å². The lowest BCUT2D eigenvalue weighted by atomic mass is 10.0. The molecule has 1 aromatic rings. The largest absolute Gasteiger partial charge is 0.371 e. The second-order valence-electron chi connectivity index (χ2n) is 3.68. The van der Waals surface area contributed by atoms with Crippen molar-refractivity contribution in [2.24, 2.45) is 0 Å². The van der Waals surface area contributed by atoms with Crippen LogP contribution >= 0.6 is 0 Å². The predicted molar refractivity (Wildman–Crippen MR) is 57.9 cm³/mol. The van der Waals surface area contributed by atoms with Gasteiger partial charge in [0.2, 0.25) is 0 Å². The minimum atomic E-state index is 0.285. The Morgan fingerprint density at radius 3 is 2.93 bits per heavy atom. The van der Waals surface area contributed by atoms with E-state index >= 15 is 0 Å². The molecule has 0 radical (unpaired) electrons. The normalized spacial score (nSPS) is 15.5. The number of rotatable bonds is 2. The molecule has 0 aromatic heterocycles. The Kier molecular flexibility index (Phi) is 2.53. The highest BCUT2D eigenvalue weighted by molar-refractivity contribution is 6.03. The van der Waals surface area contributed by atoms with Gasteiger partial charge >= 0.3 is 0 Å². The molecule has 0 aliphatic carbocycles. The molecule has 2 heteroatoms. The first-order valence-electron chi connectivity index (χ1n) is 5.20. The topological polar surface area (TPSA) is 20.3 Å². The van der Waals surface area contributed by atoms with E-state index in [1.807, 2.05) is 24.3 Å². The zero-order valence-corrected chi connectivity index (χ0v) is 8.49. The summed E-state index contributed by atoms with van der Waals surface area (Å²) in [5.74, 6) is 0.285. The highest BCUT2D eigenvalue weighted by Gasteiger charge is 2.21. The number of carbonyl (C=O) groups is 1. The van der Waals surface area contributed by atoms with Crippen LogP contribution in [0.5, 0.6) is 0 Å². The van der Waals surface area contributed by atoms with Crippen LogP contribution in [-0.2, 0) is 0 Å². The van der Waals surface area contributed by atoms with Crippen LogP contribution in [0.15, 0.2) is 24.3 Å². The van der Waals surface area contributed by atoms with Crippen LogP contribution < -0.4 is 4.90 Å². The molecule has 1 aliphatic rings. The maximum Gasteiger partial charge on any atom is 0.166 e. The Morgan fingerprint density at radius 1 is 1.36 bits per heavy atom. The summed E-state index contributed by atoms with van der Waals surface area (Å²) in [6.45, 7) is 4.09. The van der Waals surface area contributed by atoms with Gasteiger partial charge in [0.15, 0.2) is 5.78 Å². The number of ketones is 1. The van der Waals surface area contributed by atoms with E-state index in [4.69, 9.17) is 0 Å². The first-order chi connectivity index (χ1) is 6.83. The summed E-state index contributed by atoms with van der Waals surface area (Å²) in [4.78, 5) is 13.9. The smallest absolute Gasteiger partial charge is 0.166 e. The molecule has 0 atom stereocenters.